The van der Waals surface area contributed by atoms with Gasteiger partial charge in [-0.1, -0.05) is 36.8 Å². The van der Waals surface area contributed by atoms with Crippen molar-refractivity contribution in [2.24, 2.45) is 15.9 Å². The van der Waals surface area contributed by atoms with Gasteiger partial charge < -0.3 is 15.4 Å². The van der Waals surface area contributed by atoms with Crippen molar-refractivity contribution in [3.8, 4) is 5.75 Å². The maximum atomic E-state index is 12.0. The number of nitrogens with zero attached hydrogens (tertiary/aromatic N) is 2. The van der Waals surface area contributed by atoms with Crippen LogP contribution in [0.2, 0.25) is 0 Å². The minimum absolute atomic E-state index is 0.0652. The summed E-state index contributed by atoms with van der Waals surface area (Å²) < 4.78 is 5.13. The normalized spacial score (nSPS) is 18.8. The first kappa shape index (κ1) is 20.9. The van der Waals surface area contributed by atoms with Crippen molar-refractivity contribution >= 4 is 34.8 Å². The summed E-state index contributed by atoms with van der Waals surface area (Å²) >= 11 is 5.18. The van der Waals surface area contributed by atoms with Crippen molar-refractivity contribution < 1.29 is 9.53 Å². The number of thiocarbonyl (C=S) groups is 1. The molecule has 1 atom stereocenters. The van der Waals surface area contributed by atoms with Crippen LogP contribution >= 0.6 is 12.2 Å². The molecule has 2 aliphatic rings. The van der Waals surface area contributed by atoms with E-state index in [0.717, 1.165) is 42.1 Å². The lowest BCUT2D eigenvalue weighted by Crippen LogP contribution is -2.42. The van der Waals surface area contributed by atoms with E-state index in [2.05, 4.69) is 26.7 Å². The number of methoxy groups -OCH3 is 1. The van der Waals surface area contributed by atoms with Gasteiger partial charge in [-0.2, -0.15) is 0 Å². The molecule has 3 rings (SSSR count). The van der Waals surface area contributed by atoms with E-state index < -0.39 is 0 Å². The highest BCUT2D eigenvalue weighted by Crippen LogP contribution is 2.15. The second-order valence-electron chi connectivity index (χ2n) is 6.89. The third-order valence-electron chi connectivity index (χ3n) is 4.75. The van der Waals surface area contributed by atoms with Crippen LogP contribution in [0.1, 0.15) is 31.2 Å². The fourth-order valence-corrected chi connectivity index (χ4v) is 3.36. The zero-order chi connectivity index (χ0) is 20.5. The van der Waals surface area contributed by atoms with E-state index in [-0.39, 0.29) is 11.8 Å². The molecule has 1 aromatic rings. The van der Waals surface area contributed by atoms with Gasteiger partial charge >= 0.3 is 0 Å². The molecule has 1 aromatic carbocycles. The molecule has 1 unspecified atom stereocenters. The SMILES string of the molecule is COc1ccc(CNC(=O)CCCCCN=C2NC(=S)N=C3C=CC=CC32)cc1. The van der Waals surface area contributed by atoms with E-state index in [1.165, 1.54) is 0 Å². The molecule has 0 aromatic heterocycles. The zero-order valence-corrected chi connectivity index (χ0v) is 17.4. The summed E-state index contributed by atoms with van der Waals surface area (Å²) in [4.78, 5) is 21.0. The van der Waals surface area contributed by atoms with Crippen LogP contribution in [0.4, 0.5) is 0 Å². The van der Waals surface area contributed by atoms with Crippen LogP contribution in [0.5, 0.6) is 5.75 Å². The Labute approximate surface area is 176 Å². The third kappa shape index (κ3) is 6.35. The number of allylic oxidation sites excluding steroid dienone is 3. The molecule has 0 saturated heterocycles. The summed E-state index contributed by atoms with van der Waals surface area (Å²) in [7, 11) is 1.64. The maximum absolute atomic E-state index is 12.0. The zero-order valence-electron chi connectivity index (χ0n) is 16.6. The number of carbonyl (C=O) groups is 1. The van der Waals surface area contributed by atoms with Crippen molar-refractivity contribution in [2.45, 2.75) is 32.2 Å². The topological polar surface area (TPSA) is 75.1 Å². The minimum Gasteiger partial charge on any atom is -0.497 e. The van der Waals surface area contributed by atoms with Gasteiger partial charge in [0.1, 0.15) is 11.6 Å². The summed E-state index contributed by atoms with van der Waals surface area (Å²) in [5.41, 5.74) is 1.99. The summed E-state index contributed by atoms with van der Waals surface area (Å²) in [5, 5.41) is 6.52. The van der Waals surface area contributed by atoms with E-state index in [0.29, 0.717) is 24.6 Å². The molecule has 2 N–H and O–H groups in total. The largest absolute Gasteiger partial charge is 0.497 e. The van der Waals surface area contributed by atoms with Crippen LogP contribution in [0.15, 0.2) is 58.6 Å². The maximum Gasteiger partial charge on any atom is 0.220 e. The minimum atomic E-state index is 0.0652. The first-order valence-electron chi connectivity index (χ1n) is 9.84. The fraction of sp³-hybridized carbons (Fsp3) is 0.364. The van der Waals surface area contributed by atoms with Gasteiger partial charge in [0.05, 0.1) is 18.7 Å². The van der Waals surface area contributed by atoms with Gasteiger partial charge in [-0.3, -0.25) is 9.79 Å². The van der Waals surface area contributed by atoms with Gasteiger partial charge in [-0.15, -0.1) is 0 Å². The molecular weight excluding hydrogens is 384 g/mol. The van der Waals surface area contributed by atoms with Crippen molar-refractivity contribution in [2.75, 3.05) is 13.7 Å². The lowest BCUT2D eigenvalue weighted by atomic mass is 9.96. The number of benzene rings is 1. The second-order valence-corrected chi connectivity index (χ2v) is 7.28. The molecule has 6 nitrogen and oxygen atoms in total. The van der Waals surface area contributed by atoms with E-state index in [4.69, 9.17) is 17.0 Å². The lowest BCUT2D eigenvalue weighted by molar-refractivity contribution is -0.121. The first-order chi connectivity index (χ1) is 14.2. The number of carbonyl (C=O) groups excluding carboxylic acids is 1. The van der Waals surface area contributed by atoms with Crippen molar-refractivity contribution in [3.63, 3.8) is 0 Å². The molecular formula is C22H26N4O2S. The summed E-state index contributed by atoms with van der Waals surface area (Å²) in [6.07, 6.45) is 11.3. The Hall–Kier alpha value is -2.80. The number of amidine groups is 1. The molecule has 1 aliphatic carbocycles. The highest BCUT2D eigenvalue weighted by Gasteiger charge is 2.24. The number of aliphatic imine (C=N–C) groups is 2. The number of ether oxygens (including phenoxy) is 1. The highest BCUT2D eigenvalue weighted by atomic mass is 32.1. The Bertz CT molecular complexity index is 856. The standard InChI is InChI=1S/C22H26N4O2S/c1-28-17-12-10-16(11-13-17)15-24-20(27)9-3-2-6-14-23-21-18-7-4-5-8-19(18)25-22(29)26-21/h4-5,7-8,10-13,18H,2-3,6,9,14-15H2,1H3,(H,24,27)(H,23,26,29). The summed E-state index contributed by atoms with van der Waals surface area (Å²) in [5.74, 6) is 1.81. The van der Waals surface area contributed by atoms with E-state index in [1.54, 1.807) is 7.11 Å². The van der Waals surface area contributed by atoms with Crippen LogP contribution in [0, 0.1) is 5.92 Å². The highest BCUT2D eigenvalue weighted by molar-refractivity contribution is 7.80. The number of rotatable bonds is 9. The number of amides is 1. The number of unbranched alkanes of at least 4 members (excludes halogenated alkanes) is 2. The van der Waals surface area contributed by atoms with Gasteiger partial charge in [0, 0.05) is 19.5 Å². The molecule has 0 saturated carbocycles. The van der Waals surface area contributed by atoms with Crippen LogP contribution in [0.25, 0.3) is 0 Å². The molecule has 29 heavy (non-hydrogen) atoms. The summed E-state index contributed by atoms with van der Waals surface area (Å²) in [6.45, 7) is 1.25. The van der Waals surface area contributed by atoms with Gasteiger partial charge in [0.25, 0.3) is 0 Å². The summed E-state index contributed by atoms with van der Waals surface area (Å²) in [6, 6.07) is 7.70. The predicted octanol–water partition coefficient (Wildman–Crippen LogP) is 3.34. The smallest absolute Gasteiger partial charge is 0.220 e. The molecule has 0 spiro atoms. The molecule has 0 bridgehead atoms. The van der Waals surface area contributed by atoms with E-state index in [1.807, 2.05) is 42.5 Å². The van der Waals surface area contributed by atoms with Crippen molar-refractivity contribution in [1.29, 1.82) is 0 Å². The molecule has 1 aliphatic heterocycles. The number of fused-ring (bicyclic) bond motifs is 1. The van der Waals surface area contributed by atoms with Gasteiger partial charge in [-0.05, 0) is 48.8 Å². The molecule has 152 valence electrons. The third-order valence-corrected chi connectivity index (χ3v) is 4.95. The van der Waals surface area contributed by atoms with Crippen LogP contribution in [-0.4, -0.2) is 36.2 Å². The van der Waals surface area contributed by atoms with Crippen LogP contribution < -0.4 is 15.4 Å². The van der Waals surface area contributed by atoms with Crippen LogP contribution in [-0.2, 0) is 11.3 Å². The Morgan fingerprint density at radius 1 is 1.24 bits per heavy atom. The first-order valence-corrected chi connectivity index (χ1v) is 10.2. The fourth-order valence-electron chi connectivity index (χ4n) is 3.15. The van der Waals surface area contributed by atoms with Gasteiger partial charge in [-0.25, -0.2) is 4.99 Å². The predicted molar refractivity (Wildman–Crippen MR) is 121 cm³/mol. The molecule has 1 amide bonds. The van der Waals surface area contributed by atoms with Gasteiger partial charge in [0.15, 0.2) is 5.11 Å². The molecule has 0 fully saturated rings. The monoisotopic (exact) mass is 410 g/mol. The van der Waals surface area contributed by atoms with E-state index in [9.17, 15) is 4.79 Å². The number of hydrogen-bond acceptors (Lipinski definition) is 4. The van der Waals surface area contributed by atoms with Crippen molar-refractivity contribution in [1.82, 2.24) is 10.6 Å². The molecule has 1 heterocycles. The van der Waals surface area contributed by atoms with Crippen molar-refractivity contribution in [3.05, 3.63) is 54.1 Å². The van der Waals surface area contributed by atoms with Gasteiger partial charge in [0.2, 0.25) is 5.91 Å². The number of hydrogen-bond donors (Lipinski definition) is 2. The Morgan fingerprint density at radius 3 is 2.86 bits per heavy atom. The lowest BCUT2D eigenvalue weighted by Gasteiger charge is -2.24. The Morgan fingerprint density at radius 2 is 2.07 bits per heavy atom. The molecule has 7 heteroatoms. The quantitative estimate of drug-likeness (QED) is 0.484. The Balaban J connectivity index is 1.32. The second kappa shape index (κ2) is 10.7. The Kier molecular flexibility index (Phi) is 7.69. The number of nitrogens with one attached hydrogen (secondary N) is 2. The average Bonchev–Trinajstić information content (AvgIpc) is 2.74. The average molecular weight is 411 g/mol. The molecule has 0 radical (unpaired) electrons. The van der Waals surface area contributed by atoms with Crippen LogP contribution in [0.3, 0.4) is 0 Å². The van der Waals surface area contributed by atoms with E-state index >= 15 is 0 Å².